The van der Waals surface area contributed by atoms with Gasteiger partial charge in [-0.05, 0) is 24.8 Å². The zero-order valence-electron chi connectivity index (χ0n) is 6.65. The van der Waals surface area contributed by atoms with Crippen LogP contribution in [0.4, 0.5) is 0 Å². The molecule has 0 aromatic carbocycles. The molecule has 0 aromatic heterocycles. The smallest absolute Gasteiger partial charge is 0.0116 e. The van der Waals surface area contributed by atoms with Crippen LogP contribution in [0.15, 0.2) is 0 Å². The van der Waals surface area contributed by atoms with Gasteiger partial charge in [-0.25, -0.2) is 0 Å². The van der Waals surface area contributed by atoms with Crippen molar-refractivity contribution in [1.29, 1.82) is 0 Å². The largest absolute Gasteiger partial charge is 0.313 e. The molecule has 1 N–H and O–H groups in total. The van der Waals surface area contributed by atoms with Crippen molar-refractivity contribution in [3.8, 4) is 0 Å². The van der Waals surface area contributed by atoms with Crippen LogP contribution in [0.25, 0.3) is 0 Å². The number of hydrogen-bond acceptors (Lipinski definition) is 1. The maximum Gasteiger partial charge on any atom is 0.0116 e. The van der Waals surface area contributed by atoms with E-state index in [9.17, 15) is 0 Å². The summed E-state index contributed by atoms with van der Waals surface area (Å²) in [6.45, 7) is 8.15. The second kappa shape index (κ2) is 2.70. The summed E-state index contributed by atoms with van der Waals surface area (Å²) in [6.07, 6.45) is 1.36. The van der Waals surface area contributed by atoms with E-state index in [1.54, 1.807) is 0 Å². The molecule has 0 bridgehead atoms. The Morgan fingerprint density at radius 1 is 1.44 bits per heavy atom. The third kappa shape index (κ3) is 1.45. The van der Waals surface area contributed by atoms with E-state index in [0.717, 1.165) is 17.9 Å². The first kappa shape index (κ1) is 7.07. The van der Waals surface area contributed by atoms with Crippen LogP contribution >= 0.6 is 0 Å². The van der Waals surface area contributed by atoms with Crippen LogP contribution in [-0.4, -0.2) is 12.6 Å². The van der Waals surface area contributed by atoms with Gasteiger partial charge in [-0.2, -0.15) is 0 Å². The van der Waals surface area contributed by atoms with Crippen LogP contribution in [0, 0.1) is 11.8 Å². The molecular formula is C8H17N. The Balaban J connectivity index is 2.40. The fraction of sp³-hybridized carbons (Fsp3) is 1.00. The Hall–Kier alpha value is -0.0400. The van der Waals surface area contributed by atoms with Crippen LogP contribution in [0.3, 0.4) is 0 Å². The van der Waals surface area contributed by atoms with Crippen molar-refractivity contribution >= 4 is 0 Å². The van der Waals surface area contributed by atoms with E-state index in [2.05, 4.69) is 26.1 Å². The van der Waals surface area contributed by atoms with Crippen molar-refractivity contribution in [2.45, 2.75) is 33.2 Å². The molecule has 0 aromatic rings. The van der Waals surface area contributed by atoms with Crippen LogP contribution < -0.4 is 5.32 Å². The molecule has 2 atom stereocenters. The molecular weight excluding hydrogens is 110 g/mol. The molecule has 1 aliphatic heterocycles. The summed E-state index contributed by atoms with van der Waals surface area (Å²) < 4.78 is 0. The molecule has 1 saturated heterocycles. The zero-order valence-corrected chi connectivity index (χ0v) is 6.65. The maximum absolute atomic E-state index is 3.51. The molecule has 1 fully saturated rings. The van der Waals surface area contributed by atoms with Gasteiger partial charge >= 0.3 is 0 Å². The summed E-state index contributed by atoms with van der Waals surface area (Å²) in [7, 11) is 0. The lowest BCUT2D eigenvalue weighted by Gasteiger charge is -2.19. The molecule has 0 saturated carbocycles. The van der Waals surface area contributed by atoms with Gasteiger partial charge in [0.15, 0.2) is 0 Å². The zero-order chi connectivity index (χ0) is 6.85. The first-order chi connectivity index (χ1) is 4.22. The third-order valence-electron chi connectivity index (χ3n) is 2.31. The first-order valence-corrected chi connectivity index (χ1v) is 3.95. The molecule has 1 rings (SSSR count). The van der Waals surface area contributed by atoms with Crippen LogP contribution in [0.1, 0.15) is 27.2 Å². The van der Waals surface area contributed by atoms with Gasteiger partial charge in [0.25, 0.3) is 0 Å². The van der Waals surface area contributed by atoms with E-state index in [-0.39, 0.29) is 0 Å². The minimum Gasteiger partial charge on any atom is -0.313 e. The van der Waals surface area contributed by atoms with Crippen molar-refractivity contribution < 1.29 is 0 Å². The summed E-state index contributed by atoms with van der Waals surface area (Å²) in [5.41, 5.74) is 0. The van der Waals surface area contributed by atoms with E-state index in [1.165, 1.54) is 13.0 Å². The van der Waals surface area contributed by atoms with Crippen molar-refractivity contribution in [3.63, 3.8) is 0 Å². The van der Waals surface area contributed by atoms with E-state index in [0.29, 0.717) is 0 Å². The lowest BCUT2D eigenvalue weighted by molar-refractivity contribution is 0.375. The standard InChI is InChI=1S/C8H17N/c1-6(2)8-7(3)4-5-9-8/h6-9H,4-5H2,1-3H3. The Morgan fingerprint density at radius 3 is 2.33 bits per heavy atom. The Kier molecular flexibility index (Phi) is 2.12. The number of rotatable bonds is 1. The topological polar surface area (TPSA) is 12.0 Å². The third-order valence-corrected chi connectivity index (χ3v) is 2.31. The second-order valence-corrected chi connectivity index (χ2v) is 3.49. The minimum atomic E-state index is 0.782. The lowest BCUT2D eigenvalue weighted by Crippen LogP contribution is -2.30. The number of nitrogens with one attached hydrogen (secondary N) is 1. The predicted molar refractivity (Wildman–Crippen MR) is 40.4 cm³/mol. The van der Waals surface area contributed by atoms with Crippen molar-refractivity contribution in [1.82, 2.24) is 5.32 Å². The van der Waals surface area contributed by atoms with Crippen molar-refractivity contribution in [2.75, 3.05) is 6.54 Å². The summed E-state index contributed by atoms with van der Waals surface area (Å²) in [5, 5.41) is 3.51. The molecule has 54 valence electrons. The Bertz CT molecular complexity index is 88.6. The molecule has 1 aliphatic rings. The molecule has 0 aliphatic carbocycles. The second-order valence-electron chi connectivity index (χ2n) is 3.49. The van der Waals surface area contributed by atoms with E-state index < -0.39 is 0 Å². The molecule has 0 amide bonds. The fourth-order valence-electron chi connectivity index (χ4n) is 1.75. The lowest BCUT2D eigenvalue weighted by atomic mass is 9.94. The highest BCUT2D eigenvalue weighted by Crippen LogP contribution is 2.20. The summed E-state index contributed by atoms with van der Waals surface area (Å²) in [6, 6.07) is 0.782. The Labute approximate surface area is 57.8 Å². The average molecular weight is 127 g/mol. The molecule has 0 spiro atoms. The Morgan fingerprint density at radius 2 is 2.11 bits per heavy atom. The monoisotopic (exact) mass is 127 g/mol. The molecule has 1 nitrogen and oxygen atoms in total. The predicted octanol–water partition coefficient (Wildman–Crippen LogP) is 1.64. The van der Waals surface area contributed by atoms with Gasteiger partial charge in [-0.3, -0.25) is 0 Å². The van der Waals surface area contributed by atoms with Crippen LogP contribution in [-0.2, 0) is 0 Å². The molecule has 9 heavy (non-hydrogen) atoms. The highest BCUT2D eigenvalue weighted by atomic mass is 15.0. The highest BCUT2D eigenvalue weighted by Gasteiger charge is 2.24. The molecule has 1 heterocycles. The van der Waals surface area contributed by atoms with Gasteiger partial charge in [0.05, 0.1) is 0 Å². The van der Waals surface area contributed by atoms with Gasteiger partial charge in [0.1, 0.15) is 0 Å². The van der Waals surface area contributed by atoms with E-state index in [1.807, 2.05) is 0 Å². The van der Waals surface area contributed by atoms with Crippen molar-refractivity contribution in [3.05, 3.63) is 0 Å². The summed E-state index contributed by atoms with van der Waals surface area (Å²) in [5.74, 6) is 1.70. The van der Waals surface area contributed by atoms with Gasteiger partial charge in [0.2, 0.25) is 0 Å². The van der Waals surface area contributed by atoms with E-state index >= 15 is 0 Å². The molecule has 1 heteroatoms. The molecule has 0 radical (unpaired) electrons. The first-order valence-electron chi connectivity index (χ1n) is 3.95. The number of hydrogen-bond donors (Lipinski definition) is 1. The maximum atomic E-state index is 3.51. The van der Waals surface area contributed by atoms with Crippen LogP contribution in [0.5, 0.6) is 0 Å². The summed E-state index contributed by atoms with van der Waals surface area (Å²) >= 11 is 0. The van der Waals surface area contributed by atoms with Gasteiger partial charge in [0, 0.05) is 6.04 Å². The van der Waals surface area contributed by atoms with Gasteiger partial charge in [-0.1, -0.05) is 20.8 Å². The average Bonchev–Trinajstić information content (AvgIpc) is 2.13. The minimum absolute atomic E-state index is 0.782. The SMILES string of the molecule is CC(C)C1NCCC1C. The van der Waals surface area contributed by atoms with Crippen LogP contribution in [0.2, 0.25) is 0 Å². The molecule has 2 unspecified atom stereocenters. The van der Waals surface area contributed by atoms with Crippen molar-refractivity contribution in [2.24, 2.45) is 11.8 Å². The van der Waals surface area contributed by atoms with Gasteiger partial charge < -0.3 is 5.32 Å². The normalized spacial score (nSPS) is 36.0. The summed E-state index contributed by atoms with van der Waals surface area (Å²) in [4.78, 5) is 0. The quantitative estimate of drug-likeness (QED) is 0.564. The highest BCUT2D eigenvalue weighted by molar-refractivity contribution is 4.82. The van der Waals surface area contributed by atoms with Gasteiger partial charge in [-0.15, -0.1) is 0 Å². The fourth-order valence-corrected chi connectivity index (χ4v) is 1.75. The van der Waals surface area contributed by atoms with E-state index in [4.69, 9.17) is 0 Å².